The van der Waals surface area contributed by atoms with E-state index in [4.69, 9.17) is 0 Å². The molecule has 1 atom stereocenters. The molecule has 0 aromatic heterocycles. The van der Waals surface area contributed by atoms with Crippen molar-refractivity contribution in [3.8, 4) is 0 Å². The Morgan fingerprint density at radius 2 is 2.17 bits per heavy atom. The van der Waals surface area contributed by atoms with Crippen LogP contribution in [0.15, 0.2) is 24.3 Å². The quantitative estimate of drug-likeness (QED) is 0.832. The Balaban J connectivity index is 1.81. The number of nitrogens with one attached hydrogen (secondary N) is 2. The molecule has 1 aromatic rings. The molecule has 0 bridgehead atoms. The summed E-state index contributed by atoms with van der Waals surface area (Å²) in [4.78, 5) is 11.8. The molecule has 18 heavy (non-hydrogen) atoms. The van der Waals surface area contributed by atoms with Crippen LogP contribution in [0, 0.1) is 5.92 Å². The molecule has 2 N–H and O–H groups in total. The number of hydrogen-bond donors (Lipinski definition) is 2. The third-order valence-electron chi connectivity index (χ3n) is 3.61. The van der Waals surface area contributed by atoms with Crippen molar-refractivity contribution in [1.82, 2.24) is 10.6 Å². The maximum atomic E-state index is 11.8. The molecule has 0 radical (unpaired) electrons. The number of hydrogen-bond acceptors (Lipinski definition) is 2. The van der Waals surface area contributed by atoms with Crippen molar-refractivity contribution in [3.05, 3.63) is 35.4 Å². The summed E-state index contributed by atoms with van der Waals surface area (Å²) in [6.45, 7) is 4.84. The van der Waals surface area contributed by atoms with Crippen LogP contribution < -0.4 is 10.6 Å². The minimum absolute atomic E-state index is 0.176. The van der Waals surface area contributed by atoms with Crippen LogP contribution in [0.3, 0.4) is 0 Å². The Bertz CT molecular complexity index is 397. The molecular formula is C15H22N2O. The van der Waals surface area contributed by atoms with Gasteiger partial charge in [0.2, 0.25) is 5.91 Å². The van der Waals surface area contributed by atoms with Gasteiger partial charge >= 0.3 is 0 Å². The second-order valence-corrected chi connectivity index (χ2v) is 4.96. The molecule has 0 saturated carbocycles. The van der Waals surface area contributed by atoms with E-state index in [0.29, 0.717) is 18.9 Å². The van der Waals surface area contributed by atoms with Crippen molar-refractivity contribution >= 4 is 5.91 Å². The summed E-state index contributed by atoms with van der Waals surface area (Å²) in [5.74, 6) is 0.695. The zero-order valence-electron chi connectivity index (χ0n) is 11.0. The topological polar surface area (TPSA) is 41.1 Å². The van der Waals surface area contributed by atoms with Crippen LogP contribution in [0.5, 0.6) is 0 Å². The average molecular weight is 246 g/mol. The Morgan fingerprint density at radius 3 is 2.83 bits per heavy atom. The Hall–Kier alpha value is -1.35. The maximum absolute atomic E-state index is 11.8. The molecule has 0 spiro atoms. The second-order valence-electron chi connectivity index (χ2n) is 4.96. The second kappa shape index (κ2) is 6.55. The van der Waals surface area contributed by atoms with Crippen molar-refractivity contribution in [2.75, 3.05) is 13.1 Å². The predicted molar refractivity (Wildman–Crippen MR) is 73.3 cm³/mol. The van der Waals surface area contributed by atoms with Gasteiger partial charge in [-0.2, -0.15) is 0 Å². The van der Waals surface area contributed by atoms with Gasteiger partial charge in [-0.05, 0) is 43.0 Å². The molecule has 3 nitrogen and oxygen atoms in total. The fraction of sp³-hybridized carbons (Fsp3) is 0.533. The van der Waals surface area contributed by atoms with Crippen LogP contribution in [0.1, 0.15) is 30.9 Å². The number of amides is 1. The highest BCUT2D eigenvalue weighted by molar-refractivity contribution is 5.76. The molecule has 1 heterocycles. The van der Waals surface area contributed by atoms with Crippen LogP contribution in [0.2, 0.25) is 0 Å². The maximum Gasteiger partial charge on any atom is 0.220 e. The molecule has 98 valence electrons. The third-order valence-corrected chi connectivity index (χ3v) is 3.61. The Kier molecular flexibility index (Phi) is 4.76. The zero-order chi connectivity index (χ0) is 12.8. The molecule has 1 aliphatic heterocycles. The van der Waals surface area contributed by atoms with Crippen LogP contribution in [-0.2, 0) is 17.8 Å². The van der Waals surface area contributed by atoms with Gasteiger partial charge in [-0.3, -0.25) is 4.79 Å². The normalized spacial score (nSPS) is 18.8. The lowest BCUT2D eigenvalue weighted by atomic mass is 10.0. The predicted octanol–water partition coefficient (Wildman–Crippen LogP) is 1.86. The molecule has 1 saturated heterocycles. The first kappa shape index (κ1) is 13.1. The fourth-order valence-corrected chi connectivity index (χ4v) is 2.49. The fourth-order valence-electron chi connectivity index (χ4n) is 2.49. The SMILES string of the molecule is CCc1ccccc1CNC(=O)CC1CCNC1. The summed E-state index contributed by atoms with van der Waals surface area (Å²) < 4.78 is 0. The van der Waals surface area contributed by atoms with E-state index in [0.717, 1.165) is 25.9 Å². The van der Waals surface area contributed by atoms with E-state index in [1.165, 1.54) is 11.1 Å². The summed E-state index contributed by atoms with van der Waals surface area (Å²) in [6.07, 6.45) is 2.79. The van der Waals surface area contributed by atoms with Gasteiger partial charge in [0.15, 0.2) is 0 Å². The first-order valence-corrected chi connectivity index (χ1v) is 6.83. The minimum atomic E-state index is 0.176. The summed E-state index contributed by atoms with van der Waals surface area (Å²) in [5, 5.41) is 6.32. The van der Waals surface area contributed by atoms with Gasteiger partial charge in [0.1, 0.15) is 0 Å². The number of carbonyl (C=O) groups is 1. The molecule has 1 amide bonds. The van der Waals surface area contributed by atoms with E-state index in [-0.39, 0.29) is 5.91 Å². The molecule has 1 fully saturated rings. The average Bonchev–Trinajstić information content (AvgIpc) is 2.89. The van der Waals surface area contributed by atoms with Gasteiger partial charge in [0.25, 0.3) is 0 Å². The molecule has 1 aromatic carbocycles. The largest absolute Gasteiger partial charge is 0.352 e. The zero-order valence-corrected chi connectivity index (χ0v) is 11.0. The van der Waals surface area contributed by atoms with E-state index in [1.54, 1.807) is 0 Å². The Labute approximate surface area is 109 Å². The van der Waals surface area contributed by atoms with E-state index < -0.39 is 0 Å². The van der Waals surface area contributed by atoms with Crippen molar-refractivity contribution in [1.29, 1.82) is 0 Å². The standard InChI is InChI=1S/C15H22N2O/c1-2-13-5-3-4-6-14(13)11-17-15(18)9-12-7-8-16-10-12/h3-6,12,16H,2,7-11H2,1H3,(H,17,18). The highest BCUT2D eigenvalue weighted by atomic mass is 16.1. The number of carbonyl (C=O) groups excluding carboxylic acids is 1. The lowest BCUT2D eigenvalue weighted by Crippen LogP contribution is -2.26. The van der Waals surface area contributed by atoms with Crippen LogP contribution in [0.25, 0.3) is 0 Å². The molecule has 0 aliphatic carbocycles. The highest BCUT2D eigenvalue weighted by Crippen LogP contribution is 2.12. The first-order valence-electron chi connectivity index (χ1n) is 6.83. The van der Waals surface area contributed by atoms with Gasteiger partial charge in [-0.15, -0.1) is 0 Å². The van der Waals surface area contributed by atoms with Gasteiger partial charge in [0, 0.05) is 13.0 Å². The lowest BCUT2D eigenvalue weighted by molar-refractivity contribution is -0.122. The summed E-state index contributed by atoms with van der Waals surface area (Å²) in [7, 11) is 0. The van der Waals surface area contributed by atoms with Gasteiger partial charge in [0.05, 0.1) is 0 Å². The van der Waals surface area contributed by atoms with Crippen LogP contribution in [0.4, 0.5) is 0 Å². The number of aryl methyl sites for hydroxylation is 1. The van der Waals surface area contributed by atoms with Crippen molar-refractivity contribution in [2.45, 2.75) is 32.7 Å². The van der Waals surface area contributed by atoms with E-state index >= 15 is 0 Å². The minimum Gasteiger partial charge on any atom is -0.352 e. The molecule has 1 unspecified atom stereocenters. The Morgan fingerprint density at radius 1 is 1.39 bits per heavy atom. The van der Waals surface area contributed by atoms with Crippen LogP contribution in [-0.4, -0.2) is 19.0 Å². The highest BCUT2D eigenvalue weighted by Gasteiger charge is 2.17. The van der Waals surface area contributed by atoms with Crippen molar-refractivity contribution in [3.63, 3.8) is 0 Å². The van der Waals surface area contributed by atoms with Crippen LogP contribution >= 0.6 is 0 Å². The first-order chi connectivity index (χ1) is 8.79. The van der Waals surface area contributed by atoms with Crippen molar-refractivity contribution < 1.29 is 4.79 Å². The van der Waals surface area contributed by atoms with E-state index in [1.807, 2.05) is 12.1 Å². The van der Waals surface area contributed by atoms with Gasteiger partial charge < -0.3 is 10.6 Å². The summed E-state index contributed by atoms with van der Waals surface area (Å²) in [5.41, 5.74) is 2.55. The molecular weight excluding hydrogens is 224 g/mol. The van der Waals surface area contributed by atoms with Crippen molar-refractivity contribution in [2.24, 2.45) is 5.92 Å². The smallest absolute Gasteiger partial charge is 0.220 e. The van der Waals surface area contributed by atoms with Gasteiger partial charge in [-0.1, -0.05) is 31.2 Å². The molecule has 3 heteroatoms. The summed E-state index contributed by atoms with van der Waals surface area (Å²) in [6, 6.07) is 8.30. The number of rotatable bonds is 5. The van der Waals surface area contributed by atoms with E-state index in [9.17, 15) is 4.79 Å². The lowest BCUT2D eigenvalue weighted by Gasteiger charge is -2.11. The van der Waals surface area contributed by atoms with E-state index in [2.05, 4.69) is 29.7 Å². The summed E-state index contributed by atoms with van der Waals surface area (Å²) >= 11 is 0. The third kappa shape index (κ3) is 3.57. The number of benzene rings is 1. The molecule has 2 rings (SSSR count). The molecule has 1 aliphatic rings. The monoisotopic (exact) mass is 246 g/mol. The van der Waals surface area contributed by atoms with Gasteiger partial charge in [-0.25, -0.2) is 0 Å².